The van der Waals surface area contributed by atoms with Crippen LogP contribution in [0.2, 0.25) is 0 Å². The van der Waals surface area contributed by atoms with Crippen LogP contribution in [0, 0.1) is 6.92 Å². The molecule has 0 unspecified atom stereocenters. The number of nitrogens with zero attached hydrogens (tertiary/aromatic N) is 1. The molecule has 136 valence electrons. The Bertz CT molecular complexity index is 954. The number of nitrogens with one attached hydrogen (secondary N) is 1. The predicted molar refractivity (Wildman–Crippen MR) is 96.9 cm³/mol. The summed E-state index contributed by atoms with van der Waals surface area (Å²) in [5.74, 6) is -0.700. The zero-order valence-corrected chi connectivity index (χ0v) is 15.3. The highest BCUT2D eigenvalue weighted by Crippen LogP contribution is 2.29. The van der Waals surface area contributed by atoms with E-state index in [0.29, 0.717) is 6.54 Å². The molecule has 1 heterocycles. The summed E-state index contributed by atoms with van der Waals surface area (Å²) in [7, 11) is -3.80. The number of aryl methyl sites for hydroxylation is 1. The number of sulfonamides is 1. The van der Waals surface area contributed by atoms with Gasteiger partial charge in [0.2, 0.25) is 5.91 Å². The SMILES string of the molecule is Cc1cccc(CNC(=O)CCCN2C(=O)c3ccccc3S2(=O)=O)c1. The minimum atomic E-state index is -3.80. The fourth-order valence-electron chi connectivity index (χ4n) is 2.95. The van der Waals surface area contributed by atoms with E-state index in [9.17, 15) is 18.0 Å². The monoisotopic (exact) mass is 372 g/mol. The summed E-state index contributed by atoms with van der Waals surface area (Å²) in [6.07, 6.45) is 0.431. The van der Waals surface area contributed by atoms with Crippen LogP contribution in [0.5, 0.6) is 0 Å². The Morgan fingerprint density at radius 3 is 2.62 bits per heavy atom. The highest BCUT2D eigenvalue weighted by Gasteiger charge is 2.40. The lowest BCUT2D eigenvalue weighted by atomic mass is 10.1. The van der Waals surface area contributed by atoms with Crippen molar-refractivity contribution in [2.24, 2.45) is 0 Å². The van der Waals surface area contributed by atoms with Gasteiger partial charge in [-0.2, -0.15) is 0 Å². The maximum atomic E-state index is 12.4. The van der Waals surface area contributed by atoms with Crippen molar-refractivity contribution >= 4 is 21.8 Å². The van der Waals surface area contributed by atoms with Crippen molar-refractivity contribution in [2.45, 2.75) is 31.2 Å². The minimum Gasteiger partial charge on any atom is -0.352 e. The van der Waals surface area contributed by atoms with Crippen molar-refractivity contribution in [1.29, 1.82) is 0 Å². The van der Waals surface area contributed by atoms with E-state index >= 15 is 0 Å². The van der Waals surface area contributed by atoms with Gasteiger partial charge in [-0.05, 0) is 31.0 Å². The molecule has 0 radical (unpaired) electrons. The summed E-state index contributed by atoms with van der Waals surface area (Å²) in [5.41, 5.74) is 2.32. The Morgan fingerprint density at radius 2 is 1.88 bits per heavy atom. The van der Waals surface area contributed by atoms with Gasteiger partial charge in [0.15, 0.2) is 0 Å². The maximum absolute atomic E-state index is 12.4. The first kappa shape index (κ1) is 18.1. The molecule has 2 aromatic rings. The molecule has 0 saturated carbocycles. The summed E-state index contributed by atoms with van der Waals surface area (Å²) in [4.78, 5) is 24.3. The van der Waals surface area contributed by atoms with Crippen LogP contribution < -0.4 is 5.32 Å². The number of hydrogen-bond donors (Lipinski definition) is 1. The van der Waals surface area contributed by atoms with E-state index in [-0.39, 0.29) is 35.8 Å². The third-order valence-electron chi connectivity index (χ3n) is 4.25. The summed E-state index contributed by atoms with van der Waals surface area (Å²) < 4.78 is 25.7. The number of hydrogen-bond acceptors (Lipinski definition) is 4. The van der Waals surface area contributed by atoms with E-state index in [0.717, 1.165) is 15.4 Å². The summed E-state index contributed by atoms with van der Waals surface area (Å²) in [6, 6.07) is 14.0. The van der Waals surface area contributed by atoms with Crippen LogP contribution >= 0.6 is 0 Å². The lowest BCUT2D eigenvalue weighted by Gasteiger charge is -2.14. The van der Waals surface area contributed by atoms with Gasteiger partial charge in [0.05, 0.1) is 5.56 Å². The van der Waals surface area contributed by atoms with Crippen LogP contribution in [0.4, 0.5) is 0 Å². The van der Waals surface area contributed by atoms with Crippen LogP contribution in [0.15, 0.2) is 53.4 Å². The van der Waals surface area contributed by atoms with Crippen LogP contribution in [0.3, 0.4) is 0 Å². The Balaban J connectivity index is 1.52. The number of carbonyl (C=O) groups excluding carboxylic acids is 2. The molecule has 0 fully saturated rings. The largest absolute Gasteiger partial charge is 0.352 e. The Morgan fingerprint density at radius 1 is 1.12 bits per heavy atom. The smallest absolute Gasteiger partial charge is 0.269 e. The lowest BCUT2D eigenvalue weighted by Crippen LogP contribution is -2.32. The van der Waals surface area contributed by atoms with Gasteiger partial charge in [-0.1, -0.05) is 42.0 Å². The second kappa shape index (κ2) is 7.29. The first-order valence-electron chi connectivity index (χ1n) is 8.38. The highest BCUT2D eigenvalue weighted by molar-refractivity contribution is 7.90. The zero-order valence-electron chi connectivity index (χ0n) is 14.4. The van der Waals surface area contributed by atoms with Gasteiger partial charge in [0.1, 0.15) is 4.90 Å². The topological polar surface area (TPSA) is 83.6 Å². The number of carbonyl (C=O) groups is 2. The molecule has 0 saturated heterocycles. The molecule has 2 aromatic carbocycles. The molecule has 6 nitrogen and oxygen atoms in total. The van der Waals surface area contributed by atoms with Crippen molar-refractivity contribution in [1.82, 2.24) is 9.62 Å². The molecule has 3 rings (SSSR count). The first-order chi connectivity index (χ1) is 12.4. The summed E-state index contributed by atoms with van der Waals surface area (Å²) >= 11 is 0. The van der Waals surface area contributed by atoms with Gasteiger partial charge in [0.25, 0.3) is 15.9 Å². The predicted octanol–water partition coefficient (Wildman–Crippen LogP) is 2.24. The number of benzene rings is 2. The zero-order chi connectivity index (χ0) is 18.7. The quantitative estimate of drug-likeness (QED) is 0.843. The summed E-state index contributed by atoms with van der Waals surface area (Å²) in [5, 5.41) is 2.81. The molecule has 1 aliphatic rings. The molecule has 0 aromatic heterocycles. The maximum Gasteiger partial charge on any atom is 0.269 e. The van der Waals surface area contributed by atoms with E-state index in [1.54, 1.807) is 12.1 Å². The van der Waals surface area contributed by atoms with E-state index in [2.05, 4.69) is 5.32 Å². The van der Waals surface area contributed by atoms with Gasteiger partial charge in [-0.15, -0.1) is 0 Å². The van der Waals surface area contributed by atoms with E-state index in [1.807, 2.05) is 31.2 Å². The van der Waals surface area contributed by atoms with Crippen LogP contribution in [-0.2, 0) is 21.4 Å². The van der Waals surface area contributed by atoms with Crippen molar-refractivity contribution in [3.63, 3.8) is 0 Å². The first-order valence-corrected chi connectivity index (χ1v) is 9.82. The fourth-order valence-corrected chi connectivity index (χ4v) is 4.55. The number of amides is 2. The van der Waals surface area contributed by atoms with Crippen molar-refractivity contribution < 1.29 is 18.0 Å². The molecule has 1 aliphatic heterocycles. The van der Waals surface area contributed by atoms with Crippen LogP contribution in [0.25, 0.3) is 0 Å². The summed E-state index contributed by atoms with van der Waals surface area (Å²) in [6.45, 7) is 2.40. The molecule has 1 N–H and O–H groups in total. The standard InChI is InChI=1S/C19H20N2O4S/c1-14-6-4-7-15(12-14)13-20-18(22)10-5-11-21-19(23)16-8-2-3-9-17(16)26(21,24)25/h2-4,6-9,12H,5,10-11,13H2,1H3,(H,20,22). The number of rotatable bonds is 6. The molecule has 7 heteroatoms. The third kappa shape index (κ3) is 3.62. The van der Waals surface area contributed by atoms with Crippen LogP contribution in [-0.4, -0.2) is 31.1 Å². The Kier molecular flexibility index (Phi) is 5.08. The molecule has 0 atom stereocenters. The van der Waals surface area contributed by atoms with Crippen molar-refractivity contribution in [3.8, 4) is 0 Å². The van der Waals surface area contributed by atoms with Crippen molar-refractivity contribution in [2.75, 3.05) is 6.54 Å². The molecular weight excluding hydrogens is 352 g/mol. The number of fused-ring (bicyclic) bond motifs is 1. The Hall–Kier alpha value is -2.67. The average molecular weight is 372 g/mol. The molecule has 0 aliphatic carbocycles. The van der Waals surface area contributed by atoms with Crippen molar-refractivity contribution in [3.05, 3.63) is 65.2 Å². The normalized spacial score (nSPS) is 15.0. The van der Waals surface area contributed by atoms with Gasteiger partial charge >= 0.3 is 0 Å². The van der Waals surface area contributed by atoms with Gasteiger partial charge in [-0.25, -0.2) is 12.7 Å². The lowest BCUT2D eigenvalue weighted by molar-refractivity contribution is -0.121. The minimum absolute atomic E-state index is 0.00624. The van der Waals surface area contributed by atoms with E-state index in [4.69, 9.17) is 0 Å². The highest BCUT2D eigenvalue weighted by atomic mass is 32.2. The molecular formula is C19H20N2O4S. The second-order valence-corrected chi connectivity index (χ2v) is 8.08. The molecule has 0 bridgehead atoms. The molecule has 26 heavy (non-hydrogen) atoms. The average Bonchev–Trinajstić information content (AvgIpc) is 2.81. The second-order valence-electron chi connectivity index (χ2n) is 6.25. The fraction of sp³-hybridized carbons (Fsp3) is 0.263. The molecule has 0 spiro atoms. The van der Waals surface area contributed by atoms with Crippen LogP contribution in [0.1, 0.15) is 34.3 Å². The van der Waals surface area contributed by atoms with E-state index < -0.39 is 15.9 Å². The van der Waals surface area contributed by atoms with Gasteiger partial charge in [-0.3, -0.25) is 9.59 Å². The Labute approximate surface area is 152 Å². The molecule has 2 amide bonds. The van der Waals surface area contributed by atoms with E-state index in [1.165, 1.54) is 12.1 Å². The van der Waals surface area contributed by atoms with Gasteiger partial charge < -0.3 is 5.32 Å². The van der Waals surface area contributed by atoms with Gasteiger partial charge in [0, 0.05) is 19.5 Å². The third-order valence-corrected chi connectivity index (χ3v) is 6.09.